The summed E-state index contributed by atoms with van der Waals surface area (Å²) in [5.74, 6) is -2.77. The highest BCUT2D eigenvalue weighted by Crippen LogP contribution is 2.51. The summed E-state index contributed by atoms with van der Waals surface area (Å²) in [6.07, 6.45) is -0.895. The van der Waals surface area contributed by atoms with Gasteiger partial charge in [0.05, 0.1) is 29.7 Å². The summed E-state index contributed by atoms with van der Waals surface area (Å²) in [5.41, 5.74) is 4.94. The minimum Gasteiger partial charge on any atom is -0.543 e. The van der Waals surface area contributed by atoms with E-state index in [9.17, 15) is 29.4 Å². The number of hydrogen-bond acceptors (Lipinski definition) is 6. The highest BCUT2D eigenvalue weighted by molar-refractivity contribution is 6.22. The average Bonchev–Trinajstić information content (AvgIpc) is 3.41. The molecule has 2 bridgehead atoms. The zero-order valence-corrected chi connectivity index (χ0v) is 25.7. The molecule has 4 fully saturated rings. The number of quaternary nitrogens is 2. The van der Waals surface area contributed by atoms with Crippen LogP contribution in [0.25, 0.3) is 16.7 Å². The number of aliphatic hydroxyl groups is 1. The monoisotopic (exact) mass is 599 g/mol. The van der Waals surface area contributed by atoms with Crippen LogP contribution in [-0.4, -0.2) is 119 Å². The van der Waals surface area contributed by atoms with Crippen molar-refractivity contribution in [2.24, 2.45) is 11.8 Å². The van der Waals surface area contributed by atoms with Gasteiger partial charge >= 0.3 is 0 Å². The third kappa shape index (κ3) is 4.11. The first-order chi connectivity index (χ1) is 20.9. The second kappa shape index (κ2) is 9.82. The third-order valence-corrected chi connectivity index (χ3v) is 11.2. The largest absolute Gasteiger partial charge is 0.543 e. The zero-order chi connectivity index (χ0) is 31.3. The molecule has 1 aliphatic carbocycles. The second-order valence-electron chi connectivity index (χ2n) is 13.9. The molecule has 5 heterocycles. The maximum Gasteiger partial charge on any atom is 0.277 e. The van der Waals surface area contributed by atoms with Crippen LogP contribution in [0.2, 0.25) is 0 Å². The van der Waals surface area contributed by atoms with Gasteiger partial charge < -0.3 is 33.8 Å². The standard InChI is InChI=1S/C34H39N4O6/c1-19-28(31(34(43)44)36-30(19)29(20(2)39)33(36)42)22-6-8-23-25-15-21(5-7-24(25)32(41)26(23)16-22)17-37-9-12-38(13-10-37,14-11-37)18-27(40)35(3)4/h5-8,15-16,19-20,29-30,39H,9-14,17-18H2,1-4H3/q+1/t19-,20+,29+,30+,37?,38?/m0/s1. The summed E-state index contributed by atoms with van der Waals surface area (Å²) in [7, 11) is 3.64. The number of likely N-dealkylation sites (N-methyl/N-ethyl adjacent to an activating group) is 1. The highest BCUT2D eigenvalue weighted by Gasteiger charge is 2.58. The number of fused-ring (bicyclic) bond motifs is 7. The Morgan fingerprint density at radius 2 is 1.59 bits per heavy atom. The Morgan fingerprint density at radius 1 is 0.955 bits per heavy atom. The number of carbonyl (C=O) groups is 4. The number of benzene rings is 2. The van der Waals surface area contributed by atoms with Crippen molar-refractivity contribution in [1.82, 2.24) is 9.80 Å². The molecule has 0 radical (unpaired) electrons. The van der Waals surface area contributed by atoms with E-state index in [2.05, 4.69) is 12.1 Å². The van der Waals surface area contributed by atoms with Crippen LogP contribution >= 0.6 is 0 Å². The molecule has 10 nitrogen and oxygen atoms in total. The molecule has 0 unspecified atom stereocenters. The maximum atomic E-state index is 13.6. The summed E-state index contributed by atoms with van der Waals surface area (Å²) < 4.78 is 1.88. The number of ketones is 1. The minimum atomic E-state index is -1.44. The zero-order valence-electron chi connectivity index (χ0n) is 25.7. The third-order valence-electron chi connectivity index (χ3n) is 11.2. The number of aliphatic carboxylic acids is 1. The number of carboxylic acid groups (broad SMARTS) is 1. The summed E-state index contributed by atoms with van der Waals surface area (Å²) in [6, 6.07) is 11.1. The summed E-state index contributed by atoms with van der Waals surface area (Å²) in [6.45, 7) is 10.9. The molecule has 0 spiro atoms. The first-order valence-corrected chi connectivity index (χ1v) is 15.5. The van der Waals surface area contributed by atoms with Gasteiger partial charge in [-0.1, -0.05) is 25.1 Å². The van der Waals surface area contributed by atoms with Gasteiger partial charge in [0.1, 0.15) is 45.8 Å². The van der Waals surface area contributed by atoms with Gasteiger partial charge in [-0.25, -0.2) is 0 Å². The molecule has 44 heavy (non-hydrogen) atoms. The number of carboxylic acids is 1. The van der Waals surface area contributed by atoms with Crippen molar-refractivity contribution in [1.29, 1.82) is 0 Å². The molecule has 8 rings (SSSR count). The Hall–Kier alpha value is -3.86. The van der Waals surface area contributed by atoms with Crippen LogP contribution in [0.15, 0.2) is 42.1 Å². The van der Waals surface area contributed by atoms with Crippen molar-refractivity contribution in [3.8, 4) is 11.1 Å². The number of amides is 2. The predicted octanol–water partition coefficient (Wildman–Crippen LogP) is 0.466. The van der Waals surface area contributed by atoms with Gasteiger partial charge in [0.25, 0.3) is 5.91 Å². The van der Waals surface area contributed by atoms with E-state index in [1.54, 1.807) is 17.9 Å². The maximum absolute atomic E-state index is 13.6. The van der Waals surface area contributed by atoms with Gasteiger partial charge in [0, 0.05) is 36.7 Å². The fourth-order valence-electron chi connectivity index (χ4n) is 8.57. The number of aliphatic hydroxyl groups excluding tert-OH is 1. The molecule has 10 heteroatoms. The normalized spacial score (nSPS) is 30.6. The molecule has 230 valence electrons. The van der Waals surface area contributed by atoms with E-state index < -0.39 is 29.9 Å². The molecule has 0 saturated carbocycles. The molecular weight excluding hydrogens is 560 g/mol. The highest BCUT2D eigenvalue weighted by atomic mass is 16.4. The van der Waals surface area contributed by atoms with E-state index >= 15 is 0 Å². The fraction of sp³-hybridized carbons (Fsp3) is 0.471. The van der Waals surface area contributed by atoms with Crippen LogP contribution in [0.4, 0.5) is 0 Å². The first kappa shape index (κ1) is 28.9. The lowest BCUT2D eigenvalue weighted by Crippen LogP contribution is -2.75. The summed E-state index contributed by atoms with van der Waals surface area (Å²) in [4.78, 5) is 54.0. The smallest absolute Gasteiger partial charge is 0.277 e. The Labute approximate surface area is 256 Å². The molecule has 1 N–H and O–H groups in total. The van der Waals surface area contributed by atoms with Crippen molar-refractivity contribution >= 4 is 29.1 Å². The second-order valence-corrected chi connectivity index (χ2v) is 13.9. The van der Waals surface area contributed by atoms with E-state index in [0.29, 0.717) is 28.8 Å². The molecule has 6 aliphatic rings. The first-order valence-electron chi connectivity index (χ1n) is 15.5. The molecule has 2 aromatic carbocycles. The molecular formula is C34H39N4O6+. The van der Waals surface area contributed by atoms with E-state index in [1.165, 1.54) is 10.5 Å². The van der Waals surface area contributed by atoms with Crippen molar-refractivity contribution in [2.45, 2.75) is 32.5 Å². The van der Waals surface area contributed by atoms with E-state index in [4.69, 9.17) is 0 Å². The average molecular weight is 600 g/mol. The number of hydrogen-bond donors (Lipinski definition) is 1. The van der Waals surface area contributed by atoms with Gasteiger partial charge in [-0.3, -0.25) is 14.4 Å². The lowest BCUT2D eigenvalue weighted by molar-refractivity contribution is -1.08. The summed E-state index contributed by atoms with van der Waals surface area (Å²) in [5, 5.41) is 22.4. The van der Waals surface area contributed by atoms with Crippen molar-refractivity contribution in [2.75, 3.05) is 59.9 Å². The predicted molar refractivity (Wildman–Crippen MR) is 159 cm³/mol. The van der Waals surface area contributed by atoms with Gasteiger partial charge in [-0.05, 0) is 47.4 Å². The SMILES string of the molecule is C[C@@H](O)[C@H]1C(=O)N2C(C(=O)[O-])=C(c3ccc4c(c3)C(=O)c3ccc(C[N+]56CC[N+](CC(=O)N(C)C)(CC5)CC6)cc3-4)[C@H](C)[C@H]12. The van der Waals surface area contributed by atoms with Gasteiger partial charge in [0.2, 0.25) is 5.91 Å². The van der Waals surface area contributed by atoms with Crippen LogP contribution in [-0.2, 0) is 20.9 Å². The van der Waals surface area contributed by atoms with E-state index in [1.807, 2.05) is 39.2 Å². The fourth-order valence-corrected chi connectivity index (χ4v) is 8.57. The molecule has 5 aliphatic heterocycles. The molecule has 4 saturated heterocycles. The van der Waals surface area contributed by atoms with Crippen LogP contribution in [0, 0.1) is 11.8 Å². The van der Waals surface area contributed by atoms with Crippen LogP contribution in [0.1, 0.15) is 40.9 Å². The topological polar surface area (TPSA) is 118 Å². The lowest BCUT2D eigenvalue weighted by Gasteiger charge is -2.55. The number of β-lactam (4-membered cyclic amide) rings is 1. The van der Waals surface area contributed by atoms with Crippen LogP contribution < -0.4 is 5.11 Å². The Kier molecular flexibility index (Phi) is 6.45. The van der Waals surface area contributed by atoms with E-state index in [-0.39, 0.29) is 23.3 Å². The van der Waals surface area contributed by atoms with Gasteiger partial charge in [-0.15, -0.1) is 0 Å². The lowest BCUT2D eigenvalue weighted by atomic mass is 9.76. The van der Waals surface area contributed by atoms with Crippen molar-refractivity contribution in [3.05, 3.63) is 64.3 Å². The molecule has 0 aromatic heterocycles. The quantitative estimate of drug-likeness (QED) is 0.312. The Balaban J connectivity index is 1.15. The number of piperazine rings is 3. The van der Waals surface area contributed by atoms with Gasteiger partial charge in [0.15, 0.2) is 12.3 Å². The van der Waals surface area contributed by atoms with Gasteiger partial charge in [-0.2, -0.15) is 0 Å². The summed E-state index contributed by atoms with van der Waals surface area (Å²) >= 11 is 0. The van der Waals surface area contributed by atoms with E-state index in [0.717, 1.165) is 65.9 Å². The molecule has 4 atom stereocenters. The minimum absolute atomic E-state index is 0.0958. The molecule has 2 amide bonds. The van der Waals surface area contributed by atoms with Crippen LogP contribution in [0.3, 0.4) is 0 Å². The number of carbonyl (C=O) groups excluding carboxylic acids is 4. The Morgan fingerprint density at radius 3 is 2.20 bits per heavy atom. The number of nitrogens with zero attached hydrogens (tertiary/aromatic N) is 4. The van der Waals surface area contributed by atoms with Crippen LogP contribution in [0.5, 0.6) is 0 Å². The molecule has 2 aromatic rings. The Bertz CT molecular complexity index is 1650. The number of rotatable bonds is 7. The van der Waals surface area contributed by atoms with Crippen molar-refractivity contribution < 1.29 is 38.4 Å². The van der Waals surface area contributed by atoms with Crippen molar-refractivity contribution in [3.63, 3.8) is 0 Å².